The minimum absolute atomic E-state index is 0.218. The Morgan fingerprint density at radius 2 is 2.33 bits per heavy atom. The Labute approximate surface area is 108 Å². The molecule has 0 spiro atoms. The molecule has 4 heteroatoms. The van der Waals surface area contributed by atoms with Crippen LogP contribution in [0.2, 0.25) is 0 Å². The van der Waals surface area contributed by atoms with Gasteiger partial charge in [-0.25, -0.2) is 0 Å². The van der Waals surface area contributed by atoms with Crippen LogP contribution in [0.4, 0.5) is 11.4 Å². The summed E-state index contributed by atoms with van der Waals surface area (Å²) >= 11 is 0. The molecule has 2 rings (SSSR count). The minimum Gasteiger partial charge on any atom is -0.398 e. The van der Waals surface area contributed by atoms with E-state index >= 15 is 0 Å². The first kappa shape index (κ1) is 12.7. The van der Waals surface area contributed by atoms with Crippen molar-refractivity contribution in [3.05, 3.63) is 23.8 Å². The Hall–Kier alpha value is -1.73. The Balaban J connectivity index is 2.31. The van der Waals surface area contributed by atoms with Crippen LogP contribution in [0.1, 0.15) is 25.8 Å². The topological polar surface area (TPSA) is 62.3 Å². The standard InChI is InChI=1S/C14H19N3O/c1-3-12-9-18-10(2)8-17(12)13-4-5-14(16)11(6-13)7-15/h4-6,10,12H,3,8-9,16H2,1-2H3. The summed E-state index contributed by atoms with van der Waals surface area (Å²) in [7, 11) is 0. The van der Waals surface area contributed by atoms with Crippen LogP contribution >= 0.6 is 0 Å². The Kier molecular flexibility index (Phi) is 3.73. The van der Waals surface area contributed by atoms with Gasteiger partial charge >= 0.3 is 0 Å². The van der Waals surface area contributed by atoms with Gasteiger partial charge in [0.25, 0.3) is 0 Å². The molecule has 2 atom stereocenters. The van der Waals surface area contributed by atoms with Gasteiger partial charge in [-0.2, -0.15) is 5.26 Å². The Morgan fingerprint density at radius 3 is 3.00 bits per heavy atom. The van der Waals surface area contributed by atoms with Crippen molar-refractivity contribution in [3.8, 4) is 6.07 Å². The van der Waals surface area contributed by atoms with Gasteiger partial charge in [0.2, 0.25) is 0 Å². The highest BCUT2D eigenvalue weighted by Gasteiger charge is 2.25. The van der Waals surface area contributed by atoms with E-state index < -0.39 is 0 Å². The quantitative estimate of drug-likeness (QED) is 0.811. The second kappa shape index (κ2) is 5.28. The highest BCUT2D eigenvalue weighted by Crippen LogP contribution is 2.26. The minimum atomic E-state index is 0.218. The largest absolute Gasteiger partial charge is 0.398 e. The Bertz CT molecular complexity index is 467. The normalized spacial score (nSPS) is 23.7. The van der Waals surface area contributed by atoms with E-state index in [2.05, 4.69) is 24.8 Å². The van der Waals surface area contributed by atoms with Gasteiger partial charge in [0, 0.05) is 17.9 Å². The highest BCUT2D eigenvalue weighted by molar-refractivity contribution is 5.63. The number of nitrogens with two attached hydrogens (primary N) is 1. The van der Waals surface area contributed by atoms with Gasteiger partial charge in [-0.05, 0) is 31.5 Å². The predicted molar refractivity (Wildman–Crippen MR) is 72.4 cm³/mol. The molecule has 1 fully saturated rings. The molecule has 96 valence electrons. The molecule has 1 aromatic rings. The monoisotopic (exact) mass is 245 g/mol. The lowest BCUT2D eigenvalue weighted by molar-refractivity contribution is 0.0299. The fraction of sp³-hybridized carbons (Fsp3) is 0.500. The van der Waals surface area contributed by atoms with Crippen LogP contribution in [-0.2, 0) is 4.74 Å². The van der Waals surface area contributed by atoms with Crippen LogP contribution in [0.25, 0.3) is 0 Å². The molecule has 1 heterocycles. The highest BCUT2D eigenvalue weighted by atomic mass is 16.5. The number of anilines is 2. The van der Waals surface area contributed by atoms with Crippen molar-refractivity contribution < 1.29 is 4.74 Å². The lowest BCUT2D eigenvalue weighted by Gasteiger charge is -2.40. The van der Waals surface area contributed by atoms with E-state index in [0.717, 1.165) is 25.3 Å². The van der Waals surface area contributed by atoms with E-state index in [0.29, 0.717) is 17.3 Å². The van der Waals surface area contributed by atoms with E-state index in [-0.39, 0.29) is 6.10 Å². The number of hydrogen-bond donors (Lipinski definition) is 1. The zero-order chi connectivity index (χ0) is 13.1. The van der Waals surface area contributed by atoms with Crippen LogP contribution in [0.5, 0.6) is 0 Å². The van der Waals surface area contributed by atoms with Crippen molar-refractivity contribution >= 4 is 11.4 Å². The molecule has 1 saturated heterocycles. The van der Waals surface area contributed by atoms with Crippen LogP contribution in [0.3, 0.4) is 0 Å². The molecular weight excluding hydrogens is 226 g/mol. The van der Waals surface area contributed by atoms with Crippen molar-refractivity contribution in [2.45, 2.75) is 32.4 Å². The van der Waals surface area contributed by atoms with Gasteiger partial charge in [-0.1, -0.05) is 6.92 Å². The van der Waals surface area contributed by atoms with Crippen molar-refractivity contribution in [1.29, 1.82) is 5.26 Å². The lowest BCUT2D eigenvalue weighted by atomic mass is 10.1. The van der Waals surface area contributed by atoms with Crippen LogP contribution < -0.4 is 10.6 Å². The molecule has 0 aliphatic carbocycles. The molecule has 0 bridgehead atoms. The molecule has 2 unspecified atom stereocenters. The van der Waals surface area contributed by atoms with Gasteiger partial charge in [0.15, 0.2) is 0 Å². The third-order valence-corrected chi connectivity index (χ3v) is 3.43. The average Bonchev–Trinajstić information content (AvgIpc) is 2.39. The number of morpholine rings is 1. The first-order valence-electron chi connectivity index (χ1n) is 6.33. The summed E-state index contributed by atoms with van der Waals surface area (Å²) in [6.07, 6.45) is 1.25. The van der Waals surface area contributed by atoms with E-state index in [1.807, 2.05) is 12.1 Å². The molecule has 18 heavy (non-hydrogen) atoms. The number of ether oxygens (including phenoxy) is 1. The molecular formula is C14H19N3O. The summed E-state index contributed by atoms with van der Waals surface area (Å²) in [4.78, 5) is 2.31. The van der Waals surface area contributed by atoms with Gasteiger partial charge in [0.05, 0.1) is 24.3 Å². The maximum absolute atomic E-state index is 9.04. The van der Waals surface area contributed by atoms with Gasteiger partial charge in [-0.15, -0.1) is 0 Å². The first-order chi connectivity index (χ1) is 8.65. The molecule has 4 nitrogen and oxygen atoms in total. The number of benzene rings is 1. The van der Waals surface area contributed by atoms with Crippen molar-refractivity contribution in [3.63, 3.8) is 0 Å². The molecule has 1 aromatic carbocycles. The Morgan fingerprint density at radius 1 is 1.56 bits per heavy atom. The third-order valence-electron chi connectivity index (χ3n) is 3.43. The summed E-state index contributed by atoms with van der Waals surface area (Å²) in [6.45, 7) is 5.82. The maximum Gasteiger partial charge on any atom is 0.101 e. The van der Waals surface area contributed by atoms with Crippen LogP contribution in [-0.4, -0.2) is 25.3 Å². The molecule has 0 saturated carbocycles. The van der Waals surface area contributed by atoms with Gasteiger partial charge in [-0.3, -0.25) is 0 Å². The van der Waals surface area contributed by atoms with E-state index in [4.69, 9.17) is 15.7 Å². The second-order valence-corrected chi connectivity index (χ2v) is 4.74. The van der Waals surface area contributed by atoms with Gasteiger partial charge < -0.3 is 15.4 Å². The SMILES string of the molecule is CCC1COC(C)CN1c1ccc(N)c(C#N)c1. The molecule has 1 aliphatic rings. The fourth-order valence-corrected chi connectivity index (χ4v) is 2.32. The van der Waals surface area contributed by atoms with Crippen LogP contribution in [0.15, 0.2) is 18.2 Å². The van der Waals surface area contributed by atoms with Crippen molar-refractivity contribution in [2.24, 2.45) is 0 Å². The van der Waals surface area contributed by atoms with E-state index in [1.54, 1.807) is 6.07 Å². The summed E-state index contributed by atoms with van der Waals surface area (Å²) < 4.78 is 5.68. The smallest absolute Gasteiger partial charge is 0.101 e. The molecule has 0 radical (unpaired) electrons. The number of hydrogen-bond acceptors (Lipinski definition) is 4. The zero-order valence-corrected chi connectivity index (χ0v) is 10.9. The molecule has 2 N–H and O–H groups in total. The number of nitrogen functional groups attached to an aromatic ring is 1. The van der Waals surface area contributed by atoms with E-state index in [1.165, 1.54) is 0 Å². The predicted octanol–water partition coefficient (Wildman–Crippen LogP) is 2.14. The molecule has 0 amide bonds. The third kappa shape index (κ3) is 2.41. The fourth-order valence-electron chi connectivity index (χ4n) is 2.32. The van der Waals surface area contributed by atoms with E-state index in [9.17, 15) is 0 Å². The number of nitriles is 1. The first-order valence-corrected chi connectivity index (χ1v) is 6.33. The second-order valence-electron chi connectivity index (χ2n) is 4.74. The number of nitrogens with zero attached hydrogens (tertiary/aromatic N) is 2. The average molecular weight is 245 g/mol. The summed E-state index contributed by atoms with van der Waals surface area (Å²) in [5.41, 5.74) is 7.90. The summed E-state index contributed by atoms with van der Waals surface area (Å²) in [5, 5.41) is 9.04. The lowest BCUT2D eigenvalue weighted by Crippen LogP contribution is -2.48. The molecule has 0 aromatic heterocycles. The summed E-state index contributed by atoms with van der Waals surface area (Å²) in [6, 6.07) is 8.17. The number of rotatable bonds is 2. The van der Waals surface area contributed by atoms with Gasteiger partial charge in [0.1, 0.15) is 6.07 Å². The maximum atomic E-state index is 9.04. The van der Waals surface area contributed by atoms with Crippen LogP contribution in [0, 0.1) is 11.3 Å². The molecule has 1 aliphatic heterocycles. The zero-order valence-electron chi connectivity index (χ0n) is 10.9. The van der Waals surface area contributed by atoms with Crippen molar-refractivity contribution in [2.75, 3.05) is 23.8 Å². The van der Waals surface area contributed by atoms with Crippen molar-refractivity contribution in [1.82, 2.24) is 0 Å². The summed E-state index contributed by atoms with van der Waals surface area (Å²) in [5.74, 6) is 0.